The van der Waals surface area contributed by atoms with Crippen molar-refractivity contribution in [3.63, 3.8) is 0 Å². The van der Waals surface area contributed by atoms with Gasteiger partial charge in [-0.15, -0.1) is 0 Å². The molecule has 6 nitrogen and oxygen atoms in total. The van der Waals surface area contributed by atoms with Gasteiger partial charge in [-0.25, -0.2) is 9.59 Å². The van der Waals surface area contributed by atoms with Crippen LogP contribution in [0, 0.1) is 0 Å². The second-order valence-electron chi connectivity index (χ2n) is 6.81. The van der Waals surface area contributed by atoms with Crippen LogP contribution in [0.4, 0.5) is 0 Å². The van der Waals surface area contributed by atoms with Gasteiger partial charge < -0.3 is 19.0 Å². The zero-order valence-corrected chi connectivity index (χ0v) is 17.2. The lowest BCUT2D eigenvalue weighted by molar-refractivity contribution is 0.0696. The summed E-state index contributed by atoms with van der Waals surface area (Å²) in [5, 5.41) is 10.0. The monoisotopic (exact) mass is 408 g/mol. The third-order valence-electron chi connectivity index (χ3n) is 4.77. The lowest BCUT2D eigenvalue weighted by Crippen LogP contribution is -2.05. The molecule has 1 aromatic heterocycles. The molecule has 0 atom stereocenters. The fraction of sp³-hybridized carbons (Fsp3) is 0.250. The molecule has 0 fully saturated rings. The summed E-state index contributed by atoms with van der Waals surface area (Å²) in [6.07, 6.45) is 5.29. The number of carboxylic acids is 1. The number of allylic oxidation sites excluding steroid dienone is 1. The first-order valence-corrected chi connectivity index (χ1v) is 9.73. The Balaban J connectivity index is 2.01. The van der Waals surface area contributed by atoms with Crippen molar-refractivity contribution in [2.24, 2.45) is 0 Å². The van der Waals surface area contributed by atoms with E-state index in [1.807, 2.05) is 38.1 Å². The molecule has 0 bridgehead atoms. The zero-order valence-electron chi connectivity index (χ0n) is 17.2. The highest BCUT2D eigenvalue weighted by atomic mass is 16.5. The number of hydrogen-bond acceptors (Lipinski definition) is 5. The van der Waals surface area contributed by atoms with Gasteiger partial charge in [0.25, 0.3) is 0 Å². The highest BCUT2D eigenvalue weighted by molar-refractivity contribution is 5.90. The van der Waals surface area contributed by atoms with Crippen molar-refractivity contribution >= 4 is 23.0 Å². The van der Waals surface area contributed by atoms with E-state index in [0.717, 1.165) is 22.9 Å². The number of aryl methyl sites for hydroxylation is 1. The van der Waals surface area contributed by atoms with Gasteiger partial charge in [-0.05, 0) is 43.2 Å². The number of aromatic carboxylic acids is 1. The minimum atomic E-state index is -1.02. The molecule has 0 aliphatic heterocycles. The summed E-state index contributed by atoms with van der Waals surface area (Å²) in [7, 11) is 1.49. The minimum absolute atomic E-state index is 0.145. The van der Waals surface area contributed by atoms with Crippen LogP contribution in [0.1, 0.15) is 47.3 Å². The predicted octanol–water partition coefficient (Wildman–Crippen LogP) is 5.06. The quantitative estimate of drug-likeness (QED) is 0.524. The molecule has 0 aliphatic rings. The van der Waals surface area contributed by atoms with Crippen molar-refractivity contribution in [3.8, 4) is 11.5 Å². The second-order valence-corrected chi connectivity index (χ2v) is 6.81. The molecule has 30 heavy (non-hydrogen) atoms. The Kier molecular flexibility index (Phi) is 6.57. The number of ether oxygens (including phenoxy) is 2. The van der Waals surface area contributed by atoms with Gasteiger partial charge in [0.2, 0.25) is 0 Å². The first-order chi connectivity index (χ1) is 14.5. The van der Waals surface area contributed by atoms with Crippen LogP contribution in [-0.2, 0) is 13.0 Å². The van der Waals surface area contributed by atoms with E-state index in [-0.39, 0.29) is 12.2 Å². The van der Waals surface area contributed by atoms with Gasteiger partial charge in [0.1, 0.15) is 23.7 Å². The molecule has 0 unspecified atom stereocenters. The smallest absolute Gasteiger partial charge is 0.336 e. The van der Waals surface area contributed by atoms with Crippen LogP contribution in [0.2, 0.25) is 0 Å². The molecule has 0 spiro atoms. The fourth-order valence-corrected chi connectivity index (χ4v) is 3.38. The fourth-order valence-electron chi connectivity index (χ4n) is 3.38. The van der Waals surface area contributed by atoms with E-state index >= 15 is 0 Å². The molecule has 2 aromatic carbocycles. The summed E-state index contributed by atoms with van der Waals surface area (Å²) in [6, 6.07) is 9.89. The van der Waals surface area contributed by atoms with E-state index in [1.165, 1.54) is 25.3 Å². The van der Waals surface area contributed by atoms with E-state index in [0.29, 0.717) is 29.1 Å². The maximum Gasteiger partial charge on any atom is 0.336 e. The maximum atomic E-state index is 12.1. The Labute approximate surface area is 174 Å². The average molecular weight is 408 g/mol. The van der Waals surface area contributed by atoms with Crippen LogP contribution in [0.25, 0.3) is 17.0 Å². The summed E-state index contributed by atoms with van der Waals surface area (Å²) in [5.74, 6) is 0.0385. The van der Waals surface area contributed by atoms with Gasteiger partial charge in [0, 0.05) is 22.6 Å². The van der Waals surface area contributed by atoms with Gasteiger partial charge in [0.05, 0.1) is 12.7 Å². The van der Waals surface area contributed by atoms with Crippen molar-refractivity contribution in [2.75, 3.05) is 7.11 Å². The molecule has 6 heteroatoms. The third-order valence-corrected chi connectivity index (χ3v) is 4.77. The summed E-state index contributed by atoms with van der Waals surface area (Å²) >= 11 is 0. The molecule has 0 saturated carbocycles. The Morgan fingerprint density at radius 1 is 1.17 bits per heavy atom. The summed E-state index contributed by atoms with van der Waals surface area (Å²) in [5.41, 5.74) is 2.62. The molecule has 0 saturated heterocycles. The van der Waals surface area contributed by atoms with Crippen molar-refractivity contribution in [1.82, 2.24) is 0 Å². The lowest BCUT2D eigenvalue weighted by Gasteiger charge is -2.15. The lowest BCUT2D eigenvalue weighted by atomic mass is 10.0. The topological polar surface area (TPSA) is 86.0 Å². The maximum absolute atomic E-state index is 12.1. The highest BCUT2D eigenvalue weighted by Gasteiger charge is 2.15. The Morgan fingerprint density at radius 2 is 1.97 bits per heavy atom. The molecule has 0 aliphatic carbocycles. The van der Waals surface area contributed by atoms with Crippen LogP contribution < -0.4 is 15.1 Å². The van der Waals surface area contributed by atoms with Crippen molar-refractivity contribution < 1.29 is 23.8 Å². The van der Waals surface area contributed by atoms with E-state index in [2.05, 4.69) is 0 Å². The Bertz CT molecular complexity index is 1160. The molecule has 156 valence electrons. The molecule has 0 amide bonds. The molecular weight excluding hydrogens is 384 g/mol. The van der Waals surface area contributed by atoms with Crippen LogP contribution in [-0.4, -0.2) is 18.2 Å². The van der Waals surface area contributed by atoms with Gasteiger partial charge in [-0.3, -0.25) is 0 Å². The van der Waals surface area contributed by atoms with Gasteiger partial charge in [-0.2, -0.15) is 0 Å². The number of benzene rings is 2. The van der Waals surface area contributed by atoms with Crippen LogP contribution in [0.3, 0.4) is 0 Å². The Morgan fingerprint density at radius 3 is 2.63 bits per heavy atom. The summed E-state index contributed by atoms with van der Waals surface area (Å²) in [6.45, 7) is 4.13. The highest BCUT2D eigenvalue weighted by Crippen LogP contribution is 2.32. The number of fused-ring (bicyclic) bond motifs is 1. The van der Waals surface area contributed by atoms with Crippen LogP contribution >= 0.6 is 0 Å². The zero-order chi connectivity index (χ0) is 21.7. The summed E-state index contributed by atoms with van der Waals surface area (Å²) in [4.78, 5) is 23.3. The normalized spacial score (nSPS) is 11.2. The second kappa shape index (κ2) is 9.31. The molecule has 1 N–H and O–H groups in total. The standard InChI is InChI=1S/C24H24O6/c1-4-6-15-13-22(25)30-23-18(15)10-11-20(19(23)7-5-2)29-14-17-9-8-16(24(26)27)12-21(17)28-3/h4,6,8-13H,5,7,14H2,1-3H3,(H,26,27)/b6-4+. The first-order valence-electron chi connectivity index (χ1n) is 9.73. The average Bonchev–Trinajstić information content (AvgIpc) is 2.73. The number of hydrogen-bond donors (Lipinski definition) is 1. The van der Waals surface area contributed by atoms with Crippen molar-refractivity contribution in [1.29, 1.82) is 0 Å². The third kappa shape index (κ3) is 4.38. The first kappa shape index (κ1) is 21.2. The van der Waals surface area contributed by atoms with Gasteiger partial charge in [-0.1, -0.05) is 31.6 Å². The van der Waals surface area contributed by atoms with Crippen LogP contribution in [0.15, 0.2) is 51.7 Å². The number of rotatable bonds is 8. The number of carboxylic acid groups (broad SMARTS) is 1. The minimum Gasteiger partial charge on any atom is -0.496 e. The number of methoxy groups -OCH3 is 1. The largest absolute Gasteiger partial charge is 0.496 e. The van der Waals surface area contributed by atoms with Crippen molar-refractivity contribution in [2.45, 2.75) is 33.3 Å². The van der Waals surface area contributed by atoms with Gasteiger partial charge in [0.15, 0.2) is 0 Å². The molecule has 0 radical (unpaired) electrons. The van der Waals surface area contributed by atoms with E-state index in [9.17, 15) is 9.59 Å². The molecular formula is C24H24O6. The van der Waals surface area contributed by atoms with E-state index in [4.69, 9.17) is 19.0 Å². The van der Waals surface area contributed by atoms with Crippen molar-refractivity contribution in [3.05, 3.63) is 75.1 Å². The molecule has 3 rings (SSSR count). The molecule has 3 aromatic rings. The molecule has 1 heterocycles. The number of carbonyl (C=O) groups is 1. The SMILES string of the molecule is C/C=C/c1cc(=O)oc2c(CCC)c(OCc3ccc(C(=O)O)cc3OC)ccc12. The van der Waals surface area contributed by atoms with E-state index < -0.39 is 11.6 Å². The predicted molar refractivity (Wildman–Crippen MR) is 115 cm³/mol. The van der Waals surface area contributed by atoms with Gasteiger partial charge >= 0.3 is 11.6 Å². The summed E-state index contributed by atoms with van der Waals surface area (Å²) < 4.78 is 16.9. The Hall–Kier alpha value is -3.54. The van der Waals surface area contributed by atoms with E-state index in [1.54, 1.807) is 6.07 Å². The van der Waals surface area contributed by atoms with Crippen LogP contribution in [0.5, 0.6) is 11.5 Å².